The van der Waals surface area contributed by atoms with Crippen molar-refractivity contribution in [1.29, 1.82) is 0 Å². The normalized spacial score (nSPS) is 23.5. The van der Waals surface area contributed by atoms with E-state index in [1.54, 1.807) is 30.3 Å². The van der Waals surface area contributed by atoms with Gasteiger partial charge >= 0.3 is 5.97 Å². The van der Waals surface area contributed by atoms with Crippen LogP contribution in [0.3, 0.4) is 0 Å². The zero-order valence-electron chi connectivity index (χ0n) is 20.9. The first-order chi connectivity index (χ1) is 19.2. The summed E-state index contributed by atoms with van der Waals surface area (Å²) in [5.41, 5.74) is 1.80. The summed E-state index contributed by atoms with van der Waals surface area (Å²) in [6.45, 7) is -0.385. The second kappa shape index (κ2) is 11.2. The van der Waals surface area contributed by atoms with Gasteiger partial charge in [-0.15, -0.1) is 0 Å². The predicted octanol–water partition coefficient (Wildman–Crippen LogP) is 2.60. The molecule has 0 amide bonds. The minimum absolute atomic E-state index is 0.134. The standard InChI is InChI=1S/C29H26O11/c30-17-5-3-16(4-6-17)22-9-7-19-23(38-22)12-18(31)13-24(19)39-29-28(36)27(35)25(40-29)14-37-26(34)10-2-15-1-8-20(32)21(33)11-15/h1-13,22,25,27-33,35-36H,14H2/p+1/b10-2+/t22?,25-,27-,28+,29+/m0/s1. The van der Waals surface area contributed by atoms with E-state index >= 15 is 0 Å². The van der Waals surface area contributed by atoms with Gasteiger partial charge in [-0.2, -0.15) is 0 Å². The highest BCUT2D eigenvalue weighted by molar-refractivity contribution is 5.87. The third-order valence-electron chi connectivity index (χ3n) is 6.43. The van der Waals surface area contributed by atoms with Crippen LogP contribution in [-0.4, -0.2) is 72.6 Å². The van der Waals surface area contributed by atoms with E-state index in [1.807, 2.05) is 6.08 Å². The minimum atomic E-state index is -1.48. The molecule has 1 saturated heterocycles. The van der Waals surface area contributed by atoms with Gasteiger partial charge in [0.05, 0.1) is 6.07 Å². The molecule has 3 aromatic carbocycles. The van der Waals surface area contributed by atoms with Gasteiger partial charge in [0.1, 0.15) is 47.7 Å². The largest absolute Gasteiger partial charge is 0.574 e. The highest BCUT2D eigenvalue weighted by Crippen LogP contribution is 2.43. The van der Waals surface area contributed by atoms with Crippen LogP contribution in [-0.2, 0) is 14.3 Å². The van der Waals surface area contributed by atoms with Gasteiger partial charge in [0.2, 0.25) is 12.4 Å². The number of hydrogen-bond acceptors (Lipinski definition) is 10. The Bertz CT molecular complexity index is 1450. The predicted molar refractivity (Wildman–Crippen MR) is 141 cm³/mol. The molecule has 3 aromatic rings. The van der Waals surface area contributed by atoms with Crippen LogP contribution in [0.4, 0.5) is 0 Å². The molecule has 0 aromatic heterocycles. The van der Waals surface area contributed by atoms with Crippen LogP contribution in [0.2, 0.25) is 0 Å². The van der Waals surface area contributed by atoms with E-state index in [9.17, 15) is 35.4 Å². The van der Waals surface area contributed by atoms with Crippen molar-refractivity contribution < 1.29 is 54.4 Å². The average molecular weight is 552 g/mol. The number of aliphatic hydroxyl groups is 3. The Morgan fingerprint density at radius 1 is 0.925 bits per heavy atom. The summed E-state index contributed by atoms with van der Waals surface area (Å²) in [4.78, 5) is 12.1. The monoisotopic (exact) mass is 551 g/mol. The summed E-state index contributed by atoms with van der Waals surface area (Å²) in [6, 6.07) is 13.4. The first kappa shape index (κ1) is 26.9. The van der Waals surface area contributed by atoms with Gasteiger partial charge in [0.15, 0.2) is 11.5 Å². The van der Waals surface area contributed by atoms with E-state index in [0.717, 1.165) is 11.6 Å². The lowest BCUT2D eigenvalue weighted by Gasteiger charge is -2.23. The number of carbonyl (C=O) groups excluding carboxylic acids is 1. The molecule has 0 radical (unpaired) electrons. The molecular weight excluding hydrogens is 524 g/mol. The molecule has 1 unspecified atom stereocenters. The molecule has 11 heteroatoms. The first-order valence-corrected chi connectivity index (χ1v) is 12.3. The number of fused-ring (bicyclic) bond motifs is 1. The quantitative estimate of drug-likeness (QED) is 0.111. The molecule has 5 atom stereocenters. The van der Waals surface area contributed by atoms with Crippen LogP contribution in [0.5, 0.6) is 34.5 Å². The number of aromatic hydroxyl groups is 5. The van der Waals surface area contributed by atoms with Crippen LogP contribution in [0.15, 0.2) is 66.7 Å². The van der Waals surface area contributed by atoms with E-state index in [1.165, 1.54) is 36.4 Å². The van der Waals surface area contributed by atoms with Crippen LogP contribution >= 0.6 is 0 Å². The minimum Gasteiger partial charge on any atom is -0.574 e. The first-order valence-electron chi connectivity index (χ1n) is 12.3. The summed E-state index contributed by atoms with van der Waals surface area (Å²) in [5.74, 6) is -0.807. The molecule has 2 aliphatic heterocycles. The third kappa shape index (κ3) is 5.81. The van der Waals surface area contributed by atoms with E-state index in [-0.39, 0.29) is 41.5 Å². The van der Waals surface area contributed by atoms with Crippen molar-refractivity contribution in [3.8, 4) is 34.5 Å². The number of phenolic OH excluding ortho intramolecular Hbond substituents is 4. The van der Waals surface area contributed by atoms with E-state index in [4.69, 9.17) is 14.2 Å². The van der Waals surface area contributed by atoms with Crippen molar-refractivity contribution in [2.45, 2.75) is 30.7 Å². The smallest absolute Gasteiger partial charge is 0.330 e. The summed E-state index contributed by atoms with van der Waals surface area (Å²) in [6.07, 6.45) is 0.341. The van der Waals surface area contributed by atoms with Crippen molar-refractivity contribution in [1.82, 2.24) is 0 Å². The van der Waals surface area contributed by atoms with E-state index < -0.39 is 30.6 Å². The van der Waals surface area contributed by atoms with Crippen LogP contribution < -0.4 is 4.74 Å². The number of carbonyl (C=O) groups is 1. The lowest BCUT2D eigenvalue weighted by Crippen LogP contribution is -2.36. The van der Waals surface area contributed by atoms with Gasteiger partial charge in [0.25, 0.3) is 5.75 Å². The second-order valence-corrected chi connectivity index (χ2v) is 9.25. The Morgan fingerprint density at radius 3 is 2.45 bits per heavy atom. The van der Waals surface area contributed by atoms with Gasteiger partial charge < -0.3 is 49.6 Å². The van der Waals surface area contributed by atoms with Gasteiger partial charge in [-0.3, -0.25) is 0 Å². The fourth-order valence-electron chi connectivity index (χ4n) is 4.30. The number of phenols is 4. The van der Waals surface area contributed by atoms with Gasteiger partial charge in [0, 0.05) is 23.8 Å². The Labute approximate surface area is 228 Å². The van der Waals surface area contributed by atoms with Gasteiger partial charge in [-0.1, -0.05) is 6.07 Å². The molecule has 40 heavy (non-hydrogen) atoms. The fourth-order valence-corrected chi connectivity index (χ4v) is 4.30. The third-order valence-corrected chi connectivity index (χ3v) is 6.43. The Kier molecular flexibility index (Phi) is 7.52. The zero-order chi connectivity index (χ0) is 28.4. The maximum absolute atomic E-state index is 12.1. The highest BCUT2D eigenvalue weighted by atomic mass is 16.7. The Balaban J connectivity index is 1.22. The number of esters is 1. The topological polar surface area (TPSA) is 179 Å². The summed E-state index contributed by atoms with van der Waals surface area (Å²) in [7, 11) is 0. The maximum Gasteiger partial charge on any atom is 0.330 e. The molecule has 2 aliphatic rings. The SMILES string of the molecule is O=C(/C=C/c1ccc(O)c(O)c1)OC[C@@H]1O[C@@H](Oc2cc(O)cc3c2C=CC(c2ccc(O)cc2)[OH+]3)[C@H](O)[C@H]1O. The summed E-state index contributed by atoms with van der Waals surface area (Å²) >= 11 is 0. The molecule has 11 nitrogen and oxygen atoms in total. The van der Waals surface area contributed by atoms with Gasteiger partial charge in [-0.25, -0.2) is 4.79 Å². The van der Waals surface area contributed by atoms with E-state index in [0.29, 0.717) is 16.9 Å². The summed E-state index contributed by atoms with van der Waals surface area (Å²) in [5, 5.41) is 59.7. The Hall–Kier alpha value is -4.71. The number of rotatable bonds is 7. The number of ether oxygens (including phenoxy) is 4. The molecule has 2 heterocycles. The summed E-state index contributed by atoms with van der Waals surface area (Å²) < 4.78 is 21.2. The second-order valence-electron chi connectivity index (χ2n) is 9.25. The zero-order valence-corrected chi connectivity index (χ0v) is 20.9. The van der Waals surface area contributed by atoms with Crippen molar-refractivity contribution in [3.63, 3.8) is 0 Å². The molecule has 0 aliphatic carbocycles. The molecule has 0 bridgehead atoms. The number of aliphatic hydroxyl groups excluding tert-OH is 2. The highest BCUT2D eigenvalue weighted by Gasteiger charge is 2.45. The van der Waals surface area contributed by atoms with E-state index in [2.05, 4.69) is 4.74 Å². The maximum atomic E-state index is 12.1. The molecule has 7 N–H and O–H groups in total. The van der Waals surface area contributed by atoms with Crippen LogP contribution in [0.1, 0.15) is 22.8 Å². The van der Waals surface area contributed by atoms with Crippen molar-refractivity contribution >= 4 is 18.1 Å². The number of benzene rings is 3. The van der Waals surface area contributed by atoms with Crippen molar-refractivity contribution in [2.24, 2.45) is 0 Å². The Morgan fingerprint density at radius 2 is 1.70 bits per heavy atom. The average Bonchev–Trinajstić information content (AvgIpc) is 3.20. The van der Waals surface area contributed by atoms with Crippen LogP contribution in [0, 0.1) is 0 Å². The molecule has 1 fully saturated rings. The van der Waals surface area contributed by atoms with Crippen molar-refractivity contribution in [2.75, 3.05) is 6.61 Å². The van der Waals surface area contributed by atoms with Crippen molar-refractivity contribution in [3.05, 3.63) is 83.4 Å². The molecule has 0 saturated carbocycles. The fraction of sp³-hybridized carbons (Fsp3) is 0.207. The number of hydrogen-bond donors (Lipinski definition) is 6. The molecule has 5 rings (SSSR count). The van der Waals surface area contributed by atoms with Gasteiger partial charge in [-0.05, 0) is 54.1 Å². The van der Waals surface area contributed by atoms with Crippen LogP contribution in [0.25, 0.3) is 12.2 Å². The molecule has 208 valence electrons. The lowest BCUT2D eigenvalue weighted by atomic mass is 10.0. The lowest BCUT2D eigenvalue weighted by molar-refractivity contribution is -0.149. The molecule has 0 spiro atoms. The molecular formula is C29H27O11+.